The van der Waals surface area contributed by atoms with Crippen LogP contribution in [0.15, 0.2) is 24.3 Å². The first-order valence-electron chi connectivity index (χ1n) is 8.85. The van der Waals surface area contributed by atoms with Crippen LogP contribution in [0, 0.1) is 6.92 Å². The number of carbonyl (C=O) groups excluding carboxylic acids is 1. The number of imidazole rings is 1. The van der Waals surface area contributed by atoms with Crippen molar-refractivity contribution in [2.45, 2.75) is 51.2 Å². The number of nitrogens with zero attached hydrogens (tertiary/aromatic N) is 4. The van der Waals surface area contributed by atoms with Crippen LogP contribution in [0.1, 0.15) is 43.8 Å². The van der Waals surface area contributed by atoms with Crippen molar-refractivity contribution in [3.05, 3.63) is 35.9 Å². The van der Waals surface area contributed by atoms with Gasteiger partial charge in [0.05, 0.1) is 23.2 Å². The molecule has 3 atom stereocenters. The van der Waals surface area contributed by atoms with Crippen molar-refractivity contribution in [2.24, 2.45) is 0 Å². The molecule has 26 heavy (non-hydrogen) atoms. The highest BCUT2D eigenvalue weighted by atomic mass is 16.3. The van der Waals surface area contributed by atoms with Crippen LogP contribution in [0.4, 0.5) is 0 Å². The van der Waals surface area contributed by atoms with Crippen molar-refractivity contribution in [3.63, 3.8) is 0 Å². The Morgan fingerprint density at radius 3 is 2.88 bits per heavy atom. The first-order chi connectivity index (χ1) is 12.5. The molecule has 1 aliphatic carbocycles. The molecule has 1 fully saturated rings. The maximum Gasteiger partial charge on any atom is 0.230 e. The topological polar surface area (TPSA) is 109 Å². The van der Waals surface area contributed by atoms with Crippen molar-refractivity contribution >= 4 is 16.9 Å². The Balaban J connectivity index is 1.68. The summed E-state index contributed by atoms with van der Waals surface area (Å²) in [5, 5.41) is 17.6. The number of amides is 1. The summed E-state index contributed by atoms with van der Waals surface area (Å²) in [6, 6.07) is 7.55. The summed E-state index contributed by atoms with van der Waals surface area (Å²) >= 11 is 0. The van der Waals surface area contributed by atoms with Crippen LogP contribution >= 0.6 is 0 Å². The minimum Gasteiger partial charge on any atom is -0.391 e. The lowest BCUT2D eigenvalue weighted by Crippen LogP contribution is -2.46. The Morgan fingerprint density at radius 2 is 2.12 bits per heavy atom. The molecule has 0 aliphatic heterocycles. The number of carbonyl (C=O) groups is 1. The van der Waals surface area contributed by atoms with Gasteiger partial charge >= 0.3 is 0 Å². The molecule has 2 aromatic heterocycles. The second-order valence-electron chi connectivity index (χ2n) is 6.89. The molecular weight excluding hydrogens is 332 g/mol. The number of benzene rings is 1. The molecule has 8 nitrogen and oxygen atoms in total. The second kappa shape index (κ2) is 6.53. The molecule has 0 unspecified atom stereocenters. The quantitative estimate of drug-likeness (QED) is 0.662. The van der Waals surface area contributed by atoms with Crippen LogP contribution in [-0.2, 0) is 4.79 Å². The van der Waals surface area contributed by atoms with Crippen molar-refractivity contribution in [1.29, 1.82) is 0 Å². The Labute approximate surface area is 150 Å². The maximum absolute atomic E-state index is 11.4. The molecule has 8 heteroatoms. The van der Waals surface area contributed by atoms with Gasteiger partial charge in [0.2, 0.25) is 11.9 Å². The number of H-pyrrole nitrogens is 1. The maximum atomic E-state index is 11.4. The molecule has 1 saturated carbocycles. The van der Waals surface area contributed by atoms with Gasteiger partial charge in [0.1, 0.15) is 11.6 Å². The van der Waals surface area contributed by atoms with Gasteiger partial charge in [-0.05, 0) is 38.3 Å². The third kappa shape index (κ3) is 3.08. The lowest BCUT2D eigenvalue weighted by Gasteiger charge is -2.33. The molecule has 3 aromatic rings. The number of aromatic amines is 1. The third-order valence-corrected chi connectivity index (χ3v) is 4.88. The number of nitrogens with one attached hydrogen (secondary N) is 2. The molecule has 2 heterocycles. The second-order valence-corrected chi connectivity index (χ2v) is 6.89. The fourth-order valence-electron chi connectivity index (χ4n) is 3.70. The van der Waals surface area contributed by atoms with Crippen LogP contribution < -0.4 is 5.32 Å². The van der Waals surface area contributed by atoms with Gasteiger partial charge < -0.3 is 15.4 Å². The highest BCUT2D eigenvalue weighted by Gasteiger charge is 2.33. The first kappa shape index (κ1) is 16.7. The van der Waals surface area contributed by atoms with E-state index in [1.54, 1.807) is 4.68 Å². The van der Waals surface area contributed by atoms with E-state index in [1.807, 2.05) is 31.2 Å². The summed E-state index contributed by atoms with van der Waals surface area (Å²) in [6.07, 6.45) is 1.50. The average Bonchev–Trinajstić information content (AvgIpc) is 3.19. The summed E-state index contributed by atoms with van der Waals surface area (Å²) in [5.74, 6) is 2.06. The predicted molar refractivity (Wildman–Crippen MR) is 96.0 cm³/mol. The van der Waals surface area contributed by atoms with E-state index in [0.29, 0.717) is 24.6 Å². The van der Waals surface area contributed by atoms with E-state index in [1.165, 1.54) is 6.92 Å². The normalized spacial score (nSPS) is 23.3. The summed E-state index contributed by atoms with van der Waals surface area (Å²) in [4.78, 5) is 23.9. The van der Waals surface area contributed by atoms with E-state index in [9.17, 15) is 9.90 Å². The van der Waals surface area contributed by atoms with E-state index in [0.717, 1.165) is 23.3 Å². The van der Waals surface area contributed by atoms with Crippen LogP contribution in [-0.4, -0.2) is 47.9 Å². The fourth-order valence-corrected chi connectivity index (χ4v) is 3.70. The van der Waals surface area contributed by atoms with Gasteiger partial charge in [0.25, 0.3) is 0 Å². The van der Waals surface area contributed by atoms with Gasteiger partial charge in [-0.25, -0.2) is 9.97 Å². The standard InChI is InChI=1S/C18H22N6O2/c1-10-19-17(12-7-8-16(26)15(9-12)20-11(2)25)24(23-10)18-21-13-5-3-4-6-14(13)22-18/h3-6,12,15-16,26H,7-9H2,1-2H3,(H,20,25)(H,21,22)/t12-,15+,16+/m0/s1. The minimum absolute atomic E-state index is 0.0877. The van der Waals surface area contributed by atoms with Crippen molar-refractivity contribution in [2.75, 3.05) is 0 Å². The Bertz CT molecular complexity index is 913. The summed E-state index contributed by atoms with van der Waals surface area (Å²) in [7, 11) is 0. The third-order valence-electron chi connectivity index (χ3n) is 4.88. The lowest BCUT2D eigenvalue weighted by molar-refractivity contribution is -0.121. The summed E-state index contributed by atoms with van der Waals surface area (Å²) < 4.78 is 1.75. The molecule has 0 saturated heterocycles. The largest absolute Gasteiger partial charge is 0.391 e. The van der Waals surface area contributed by atoms with Gasteiger partial charge in [-0.1, -0.05) is 12.1 Å². The Kier molecular flexibility index (Phi) is 4.20. The Hall–Kier alpha value is -2.74. The van der Waals surface area contributed by atoms with Crippen LogP contribution in [0.5, 0.6) is 0 Å². The number of hydrogen-bond acceptors (Lipinski definition) is 5. The van der Waals surface area contributed by atoms with Crippen LogP contribution in [0.3, 0.4) is 0 Å². The van der Waals surface area contributed by atoms with E-state index >= 15 is 0 Å². The molecule has 1 aliphatic rings. The number of rotatable bonds is 3. The summed E-state index contributed by atoms with van der Waals surface area (Å²) in [5.41, 5.74) is 1.81. The number of aliphatic hydroxyl groups is 1. The van der Waals surface area contributed by atoms with Gasteiger partial charge in [-0.2, -0.15) is 4.68 Å². The molecule has 0 spiro atoms. The van der Waals surface area contributed by atoms with Gasteiger partial charge in [-0.15, -0.1) is 5.10 Å². The van der Waals surface area contributed by atoms with E-state index in [2.05, 4.69) is 25.4 Å². The van der Waals surface area contributed by atoms with Gasteiger partial charge in [0.15, 0.2) is 0 Å². The van der Waals surface area contributed by atoms with Gasteiger partial charge in [-0.3, -0.25) is 4.79 Å². The monoisotopic (exact) mass is 354 g/mol. The number of aryl methyl sites for hydroxylation is 1. The highest BCUT2D eigenvalue weighted by Crippen LogP contribution is 2.33. The SMILES string of the molecule is CC(=O)N[C@@H]1C[C@@H](c2nc(C)nn2-c2nc3ccccc3[nH]2)CC[C@H]1O. The lowest BCUT2D eigenvalue weighted by atomic mass is 9.83. The number of hydrogen-bond donors (Lipinski definition) is 3. The molecule has 0 radical (unpaired) electrons. The van der Waals surface area contributed by atoms with Crippen molar-refractivity contribution in [1.82, 2.24) is 30.0 Å². The smallest absolute Gasteiger partial charge is 0.230 e. The minimum atomic E-state index is -0.529. The van der Waals surface area contributed by atoms with Crippen LogP contribution in [0.25, 0.3) is 17.0 Å². The number of fused-ring (bicyclic) bond motifs is 1. The molecule has 1 amide bonds. The predicted octanol–water partition coefficient (Wildman–Crippen LogP) is 1.59. The first-order valence-corrected chi connectivity index (χ1v) is 8.85. The van der Waals surface area contributed by atoms with Crippen molar-refractivity contribution in [3.8, 4) is 5.95 Å². The number of aliphatic hydroxyl groups excluding tert-OH is 1. The van der Waals surface area contributed by atoms with Crippen molar-refractivity contribution < 1.29 is 9.90 Å². The average molecular weight is 354 g/mol. The molecular formula is C18H22N6O2. The number of para-hydroxylation sites is 2. The molecule has 136 valence electrons. The molecule has 1 aromatic carbocycles. The van der Waals surface area contributed by atoms with E-state index in [4.69, 9.17) is 0 Å². The molecule has 0 bridgehead atoms. The van der Waals surface area contributed by atoms with E-state index in [-0.39, 0.29) is 17.9 Å². The fraction of sp³-hybridized carbons (Fsp3) is 0.444. The van der Waals surface area contributed by atoms with Crippen LogP contribution in [0.2, 0.25) is 0 Å². The molecule has 4 rings (SSSR count). The zero-order valence-electron chi connectivity index (χ0n) is 14.8. The summed E-state index contributed by atoms with van der Waals surface area (Å²) in [6.45, 7) is 3.32. The van der Waals surface area contributed by atoms with E-state index < -0.39 is 6.10 Å². The zero-order valence-corrected chi connectivity index (χ0v) is 14.8. The van der Waals surface area contributed by atoms with Gasteiger partial charge in [0, 0.05) is 12.8 Å². The number of aromatic nitrogens is 5. The Morgan fingerprint density at radius 1 is 1.31 bits per heavy atom. The zero-order chi connectivity index (χ0) is 18.3. The molecule has 3 N–H and O–H groups in total. The highest BCUT2D eigenvalue weighted by molar-refractivity contribution is 5.76.